The molecule has 0 unspecified atom stereocenters. The summed E-state index contributed by atoms with van der Waals surface area (Å²) in [4.78, 5) is 27.2. The monoisotopic (exact) mass is 258 g/mol. The maximum absolute atomic E-state index is 12.2. The van der Waals surface area contributed by atoms with E-state index in [9.17, 15) is 9.59 Å². The Labute approximate surface area is 110 Å². The Hall–Kier alpha value is -2.56. The molecule has 1 aromatic carbocycles. The molecule has 2 N–H and O–H groups in total. The number of aromatic nitrogens is 1. The van der Waals surface area contributed by atoms with E-state index < -0.39 is 5.97 Å². The lowest BCUT2D eigenvalue weighted by molar-refractivity contribution is -0.137. The van der Waals surface area contributed by atoms with Crippen LogP contribution in [0.25, 0.3) is 10.9 Å². The summed E-state index contributed by atoms with van der Waals surface area (Å²) in [7, 11) is 0. The molecule has 1 aromatic heterocycles. The Balaban J connectivity index is 2.28. The van der Waals surface area contributed by atoms with E-state index >= 15 is 0 Å². The zero-order valence-corrected chi connectivity index (χ0v) is 10.3. The molecule has 98 valence electrons. The molecule has 5 heteroatoms. The summed E-state index contributed by atoms with van der Waals surface area (Å²) in [5.74, 6) is -1.37. The zero-order valence-electron chi connectivity index (χ0n) is 10.3. The lowest BCUT2D eigenvalue weighted by Gasteiger charge is -2.18. The fourth-order valence-corrected chi connectivity index (χ4v) is 1.90. The molecule has 0 aliphatic carbocycles. The second kappa shape index (κ2) is 5.39. The average molecular weight is 258 g/mol. The van der Waals surface area contributed by atoms with Crippen LogP contribution in [0.15, 0.2) is 43.1 Å². The Morgan fingerprint density at radius 1 is 1.37 bits per heavy atom. The van der Waals surface area contributed by atoms with Crippen LogP contribution < -0.4 is 0 Å². The number of carboxylic acids is 1. The van der Waals surface area contributed by atoms with Crippen molar-refractivity contribution in [3.05, 3.63) is 48.7 Å². The maximum atomic E-state index is 12.2. The van der Waals surface area contributed by atoms with Crippen LogP contribution in [-0.2, 0) is 4.79 Å². The molecular weight excluding hydrogens is 244 g/mol. The van der Waals surface area contributed by atoms with E-state index in [0.29, 0.717) is 5.56 Å². The average Bonchev–Trinajstić information content (AvgIpc) is 2.84. The molecule has 0 saturated carbocycles. The fourth-order valence-electron chi connectivity index (χ4n) is 1.90. The normalized spacial score (nSPS) is 10.3. The molecule has 0 saturated heterocycles. The number of nitrogens with zero attached hydrogens (tertiary/aromatic N) is 1. The van der Waals surface area contributed by atoms with Gasteiger partial charge in [-0.1, -0.05) is 12.1 Å². The summed E-state index contributed by atoms with van der Waals surface area (Å²) < 4.78 is 0. The molecule has 19 heavy (non-hydrogen) atoms. The minimum absolute atomic E-state index is 0.202. The van der Waals surface area contributed by atoms with Crippen LogP contribution in [0.2, 0.25) is 0 Å². The van der Waals surface area contributed by atoms with Crippen LogP contribution in [0.3, 0.4) is 0 Å². The van der Waals surface area contributed by atoms with Gasteiger partial charge in [0.15, 0.2) is 0 Å². The number of H-pyrrole nitrogens is 1. The number of hydrogen-bond donors (Lipinski definition) is 2. The second-order valence-corrected chi connectivity index (χ2v) is 4.15. The number of aliphatic carboxylic acids is 1. The predicted octanol–water partition coefficient (Wildman–Crippen LogP) is 1.88. The van der Waals surface area contributed by atoms with Crippen molar-refractivity contribution in [2.24, 2.45) is 0 Å². The summed E-state index contributed by atoms with van der Waals surface area (Å²) in [6, 6.07) is 7.14. The number of benzene rings is 1. The van der Waals surface area contributed by atoms with Gasteiger partial charge in [-0.3, -0.25) is 9.59 Å². The van der Waals surface area contributed by atoms with Crippen LogP contribution in [-0.4, -0.2) is 40.0 Å². The largest absolute Gasteiger partial charge is 0.480 e. The third-order valence-corrected chi connectivity index (χ3v) is 2.76. The van der Waals surface area contributed by atoms with Crippen molar-refractivity contribution < 1.29 is 14.7 Å². The van der Waals surface area contributed by atoms with Crippen LogP contribution in [0.1, 0.15) is 10.4 Å². The van der Waals surface area contributed by atoms with Crippen molar-refractivity contribution in [1.82, 2.24) is 9.88 Å². The van der Waals surface area contributed by atoms with Crippen LogP contribution in [0.5, 0.6) is 0 Å². The summed E-state index contributed by atoms with van der Waals surface area (Å²) >= 11 is 0. The number of fused-ring (bicyclic) bond motifs is 1. The highest BCUT2D eigenvalue weighted by molar-refractivity contribution is 5.99. The Kier molecular flexibility index (Phi) is 3.66. The SMILES string of the molecule is C=CCN(CC(=O)O)C(=O)c1ccc2cc[nH]c2c1. The zero-order chi connectivity index (χ0) is 13.8. The Morgan fingerprint density at radius 2 is 2.16 bits per heavy atom. The van der Waals surface area contributed by atoms with Gasteiger partial charge in [-0.25, -0.2) is 0 Å². The van der Waals surface area contributed by atoms with E-state index in [1.807, 2.05) is 12.1 Å². The molecule has 0 spiro atoms. The quantitative estimate of drug-likeness (QED) is 0.804. The Morgan fingerprint density at radius 3 is 2.84 bits per heavy atom. The number of carboxylic acid groups (broad SMARTS) is 1. The molecule has 1 amide bonds. The lowest BCUT2D eigenvalue weighted by Crippen LogP contribution is -2.35. The van der Waals surface area contributed by atoms with Crippen LogP contribution in [0.4, 0.5) is 0 Å². The number of carbonyl (C=O) groups excluding carboxylic acids is 1. The van der Waals surface area contributed by atoms with Gasteiger partial charge in [0.25, 0.3) is 5.91 Å². The number of aromatic amines is 1. The lowest BCUT2D eigenvalue weighted by atomic mass is 10.1. The van der Waals surface area contributed by atoms with E-state index in [1.54, 1.807) is 18.3 Å². The van der Waals surface area contributed by atoms with Gasteiger partial charge in [-0.2, -0.15) is 0 Å². The minimum Gasteiger partial charge on any atom is -0.480 e. The first-order chi connectivity index (χ1) is 9.11. The van der Waals surface area contributed by atoms with Crippen LogP contribution in [0, 0.1) is 0 Å². The third kappa shape index (κ3) is 2.82. The minimum atomic E-state index is -1.05. The van der Waals surface area contributed by atoms with Crippen molar-refractivity contribution in [3.8, 4) is 0 Å². The summed E-state index contributed by atoms with van der Waals surface area (Å²) in [6.45, 7) is 3.40. The Bertz CT molecular complexity index is 630. The molecule has 5 nitrogen and oxygen atoms in total. The van der Waals surface area contributed by atoms with Gasteiger partial charge in [0, 0.05) is 23.8 Å². The summed E-state index contributed by atoms with van der Waals surface area (Å²) in [5.41, 5.74) is 1.30. The number of amides is 1. The van der Waals surface area contributed by atoms with E-state index in [2.05, 4.69) is 11.6 Å². The van der Waals surface area contributed by atoms with E-state index in [-0.39, 0.29) is 19.0 Å². The van der Waals surface area contributed by atoms with Crippen molar-refractivity contribution in [3.63, 3.8) is 0 Å². The molecule has 0 aliphatic rings. The first-order valence-corrected chi connectivity index (χ1v) is 5.81. The molecule has 2 rings (SSSR count). The number of nitrogens with one attached hydrogen (secondary N) is 1. The standard InChI is InChI=1S/C14H14N2O3/c1-2-7-16(9-13(17)18)14(19)11-4-3-10-5-6-15-12(10)8-11/h2-6,8,15H,1,7,9H2,(H,17,18). The van der Waals surface area contributed by atoms with Gasteiger partial charge >= 0.3 is 5.97 Å². The fraction of sp³-hybridized carbons (Fsp3) is 0.143. The highest BCUT2D eigenvalue weighted by Gasteiger charge is 2.17. The number of hydrogen-bond acceptors (Lipinski definition) is 2. The molecule has 1 heterocycles. The number of carbonyl (C=O) groups is 2. The first-order valence-electron chi connectivity index (χ1n) is 5.81. The van der Waals surface area contributed by atoms with E-state index in [4.69, 9.17) is 5.11 Å². The summed E-state index contributed by atoms with van der Waals surface area (Å²) in [5, 5.41) is 9.82. The molecule has 2 aromatic rings. The molecule has 0 fully saturated rings. The van der Waals surface area contributed by atoms with Gasteiger partial charge < -0.3 is 15.0 Å². The summed E-state index contributed by atoms with van der Waals surface area (Å²) in [6.07, 6.45) is 3.30. The third-order valence-electron chi connectivity index (χ3n) is 2.76. The first kappa shape index (κ1) is 12.9. The van der Waals surface area contributed by atoms with Crippen molar-refractivity contribution >= 4 is 22.8 Å². The van der Waals surface area contributed by atoms with E-state index in [1.165, 1.54) is 11.0 Å². The highest BCUT2D eigenvalue weighted by Crippen LogP contribution is 2.15. The van der Waals surface area contributed by atoms with E-state index in [0.717, 1.165) is 10.9 Å². The van der Waals surface area contributed by atoms with Crippen molar-refractivity contribution in [1.29, 1.82) is 0 Å². The maximum Gasteiger partial charge on any atom is 0.323 e. The predicted molar refractivity (Wildman–Crippen MR) is 72.0 cm³/mol. The smallest absolute Gasteiger partial charge is 0.323 e. The van der Waals surface area contributed by atoms with Crippen molar-refractivity contribution in [2.75, 3.05) is 13.1 Å². The topological polar surface area (TPSA) is 73.4 Å². The van der Waals surface area contributed by atoms with Gasteiger partial charge in [0.2, 0.25) is 0 Å². The van der Waals surface area contributed by atoms with Gasteiger partial charge in [-0.05, 0) is 23.6 Å². The van der Waals surface area contributed by atoms with Crippen LogP contribution >= 0.6 is 0 Å². The number of rotatable bonds is 5. The molecular formula is C14H14N2O3. The van der Waals surface area contributed by atoms with Crippen molar-refractivity contribution in [2.45, 2.75) is 0 Å². The van der Waals surface area contributed by atoms with Gasteiger partial charge in [0.05, 0.1) is 0 Å². The molecule has 0 atom stereocenters. The molecule has 0 aliphatic heterocycles. The highest BCUT2D eigenvalue weighted by atomic mass is 16.4. The second-order valence-electron chi connectivity index (χ2n) is 4.15. The molecule has 0 radical (unpaired) electrons. The van der Waals surface area contributed by atoms with Gasteiger partial charge in [0.1, 0.15) is 6.54 Å². The molecule has 0 bridgehead atoms. The van der Waals surface area contributed by atoms with Gasteiger partial charge in [-0.15, -0.1) is 6.58 Å².